The molecule has 8 heteroatoms. The first-order valence-corrected chi connectivity index (χ1v) is 10.3. The van der Waals surface area contributed by atoms with Crippen LogP contribution < -0.4 is 4.57 Å². The fourth-order valence-corrected chi connectivity index (χ4v) is 4.23. The number of piperidine rings is 1. The van der Waals surface area contributed by atoms with E-state index in [4.69, 9.17) is 16.3 Å². The van der Waals surface area contributed by atoms with E-state index >= 15 is 0 Å². The SMILES string of the molecule is Cc1n(C)c2cnc3ccc(Cl)nc3c2[n+]1C1CCN(C(=O)OC(C)(C)C)CC1. The number of hydrogen-bond donors (Lipinski definition) is 0. The molecule has 1 aliphatic heterocycles. The van der Waals surface area contributed by atoms with Gasteiger partial charge in [0.15, 0.2) is 5.52 Å². The van der Waals surface area contributed by atoms with Crippen LogP contribution in [-0.2, 0) is 11.8 Å². The summed E-state index contributed by atoms with van der Waals surface area (Å²) in [5.41, 5.74) is 3.24. The number of hydrogen-bond acceptors (Lipinski definition) is 4. The number of likely N-dealkylation sites (tertiary alicyclic amines) is 1. The van der Waals surface area contributed by atoms with Gasteiger partial charge in [0.05, 0.1) is 18.8 Å². The van der Waals surface area contributed by atoms with Gasteiger partial charge in [0, 0.05) is 32.9 Å². The third-order valence-electron chi connectivity index (χ3n) is 5.55. The second-order valence-corrected chi connectivity index (χ2v) is 9.06. The van der Waals surface area contributed by atoms with Gasteiger partial charge in [-0.1, -0.05) is 11.6 Å². The van der Waals surface area contributed by atoms with Gasteiger partial charge in [-0.2, -0.15) is 0 Å². The first kappa shape index (κ1) is 19.9. The van der Waals surface area contributed by atoms with Gasteiger partial charge in [0.1, 0.15) is 22.3 Å². The summed E-state index contributed by atoms with van der Waals surface area (Å²) in [7, 11) is 2.04. The van der Waals surface area contributed by atoms with Gasteiger partial charge in [-0.25, -0.2) is 23.9 Å². The van der Waals surface area contributed by atoms with Crippen molar-refractivity contribution in [2.75, 3.05) is 13.1 Å². The Morgan fingerprint density at radius 1 is 1.28 bits per heavy atom. The molecule has 0 aliphatic carbocycles. The molecule has 1 saturated heterocycles. The summed E-state index contributed by atoms with van der Waals surface area (Å²) in [6, 6.07) is 3.94. The Morgan fingerprint density at radius 3 is 2.62 bits per heavy atom. The van der Waals surface area contributed by atoms with Crippen LogP contribution in [0, 0.1) is 6.92 Å². The van der Waals surface area contributed by atoms with E-state index in [-0.39, 0.29) is 12.1 Å². The number of nitrogens with zero attached hydrogens (tertiary/aromatic N) is 5. The summed E-state index contributed by atoms with van der Waals surface area (Å²) in [5, 5.41) is 0.458. The number of halogens is 1. The minimum Gasteiger partial charge on any atom is -0.444 e. The predicted molar refractivity (Wildman–Crippen MR) is 112 cm³/mol. The zero-order valence-electron chi connectivity index (χ0n) is 17.6. The summed E-state index contributed by atoms with van der Waals surface area (Å²) >= 11 is 6.20. The van der Waals surface area contributed by atoms with E-state index < -0.39 is 5.60 Å². The molecule has 3 aromatic rings. The average Bonchev–Trinajstić information content (AvgIpc) is 2.92. The van der Waals surface area contributed by atoms with Crippen molar-refractivity contribution < 1.29 is 14.1 Å². The molecule has 0 spiro atoms. The summed E-state index contributed by atoms with van der Waals surface area (Å²) in [4.78, 5) is 23.4. The topological polar surface area (TPSA) is 64.1 Å². The van der Waals surface area contributed by atoms with E-state index in [1.54, 1.807) is 11.0 Å². The molecule has 1 aliphatic rings. The third-order valence-corrected chi connectivity index (χ3v) is 5.76. The second-order valence-electron chi connectivity index (χ2n) is 8.67. The molecular weight excluding hydrogens is 390 g/mol. The van der Waals surface area contributed by atoms with Crippen LogP contribution in [-0.4, -0.2) is 44.2 Å². The van der Waals surface area contributed by atoms with Crippen LogP contribution in [0.3, 0.4) is 0 Å². The molecule has 0 N–H and O–H groups in total. The molecule has 4 heterocycles. The molecule has 1 amide bonds. The maximum atomic E-state index is 12.4. The van der Waals surface area contributed by atoms with Gasteiger partial charge < -0.3 is 9.64 Å². The van der Waals surface area contributed by atoms with Crippen LogP contribution in [0.4, 0.5) is 4.79 Å². The fraction of sp³-hybridized carbons (Fsp3) is 0.524. The Morgan fingerprint density at radius 2 is 1.97 bits per heavy atom. The van der Waals surface area contributed by atoms with E-state index in [1.165, 1.54) is 0 Å². The minimum absolute atomic E-state index is 0.237. The molecule has 0 unspecified atom stereocenters. The van der Waals surface area contributed by atoms with Gasteiger partial charge in [-0.05, 0) is 32.9 Å². The summed E-state index contributed by atoms with van der Waals surface area (Å²) in [6.45, 7) is 9.12. The van der Waals surface area contributed by atoms with Crippen LogP contribution in [0.2, 0.25) is 5.15 Å². The molecule has 154 valence electrons. The van der Waals surface area contributed by atoms with Crippen molar-refractivity contribution in [3.63, 3.8) is 0 Å². The van der Waals surface area contributed by atoms with E-state index in [9.17, 15) is 4.79 Å². The maximum absolute atomic E-state index is 12.4. The lowest BCUT2D eigenvalue weighted by molar-refractivity contribution is -0.707. The normalized spacial score (nSPS) is 16.0. The first-order valence-electron chi connectivity index (χ1n) is 9.95. The zero-order chi connectivity index (χ0) is 20.9. The molecule has 0 atom stereocenters. The van der Waals surface area contributed by atoms with Crippen molar-refractivity contribution in [2.45, 2.75) is 52.2 Å². The van der Waals surface area contributed by atoms with Crippen molar-refractivity contribution in [3.8, 4) is 0 Å². The summed E-state index contributed by atoms with van der Waals surface area (Å²) in [5.74, 6) is 1.13. The van der Waals surface area contributed by atoms with Crippen molar-refractivity contribution in [3.05, 3.63) is 29.3 Å². The number of rotatable bonds is 1. The second kappa shape index (κ2) is 7.13. The molecule has 0 saturated carbocycles. The number of imidazole rings is 1. The lowest BCUT2D eigenvalue weighted by Gasteiger charge is -2.32. The third kappa shape index (κ3) is 3.64. The van der Waals surface area contributed by atoms with E-state index in [2.05, 4.69) is 26.0 Å². The number of fused-ring (bicyclic) bond motifs is 3. The Kier molecular flexibility index (Phi) is 4.89. The van der Waals surface area contributed by atoms with E-state index in [1.807, 2.05) is 40.1 Å². The van der Waals surface area contributed by atoms with Crippen LogP contribution in [0.1, 0.15) is 45.5 Å². The first-order chi connectivity index (χ1) is 13.7. The molecule has 29 heavy (non-hydrogen) atoms. The molecular formula is C21H27ClN5O2+. The van der Waals surface area contributed by atoms with Crippen LogP contribution in [0.25, 0.3) is 22.1 Å². The summed E-state index contributed by atoms with van der Waals surface area (Å²) < 4.78 is 10.0. The quantitative estimate of drug-likeness (QED) is 0.445. The van der Waals surface area contributed by atoms with Gasteiger partial charge in [0.25, 0.3) is 5.82 Å². The Labute approximate surface area is 175 Å². The molecule has 1 fully saturated rings. The highest BCUT2D eigenvalue weighted by atomic mass is 35.5. The van der Waals surface area contributed by atoms with Gasteiger partial charge >= 0.3 is 6.09 Å². The molecule has 3 aromatic heterocycles. The smallest absolute Gasteiger partial charge is 0.410 e. The van der Waals surface area contributed by atoms with Gasteiger partial charge in [-0.3, -0.25) is 0 Å². The number of amides is 1. The standard InChI is InChI=1S/C21H27ClN5O2/c1-13-25(5)16-12-23-15-6-7-17(22)24-18(15)19(16)27(13)14-8-10-26(11-9-14)20(28)29-21(2,3)4/h6-7,12,14H,8-11H2,1-5H3/q+1. The predicted octanol–water partition coefficient (Wildman–Crippen LogP) is 3.94. The van der Waals surface area contributed by atoms with Crippen LogP contribution in [0.5, 0.6) is 0 Å². The van der Waals surface area contributed by atoms with Crippen molar-refractivity contribution >= 4 is 39.8 Å². The molecule has 4 rings (SSSR count). The number of carbonyl (C=O) groups excluding carboxylic acids is 1. The number of pyridine rings is 2. The highest BCUT2D eigenvalue weighted by Gasteiger charge is 2.34. The zero-order valence-corrected chi connectivity index (χ0v) is 18.3. The van der Waals surface area contributed by atoms with E-state index in [0.717, 1.165) is 40.7 Å². The highest BCUT2D eigenvalue weighted by Crippen LogP contribution is 2.27. The van der Waals surface area contributed by atoms with Gasteiger partial charge in [0.2, 0.25) is 5.52 Å². The Bertz CT molecular complexity index is 1090. The number of ether oxygens (including phenoxy) is 1. The van der Waals surface area contributed by atoms with Crippen LogP contribution in [0.15, 0.2) is 18.3 Å². The molecule has 0 radical (unpaired) electrons. The Balaban J connectivity index is 1.69. The lowest BCUT2D eigenvalue weighted by Crippen LogP contribution is -2.50. The maximum Gasteiger partial charge on any atom is 0.410 e. The number of aryl methyl sites for hydroxylation is 1. The van der Waals surface area contributed by atoms with Crippen LogP contribution >= 0.6 is 11.6 Å². The molecule has 7 nitrogen and oxygen atoms in total. The highest BCUT2D eigenvalue weighted by molar-refractivity contribution is 6.30. The largest absolute Gasteiger partial charge is 0.444 e. The lowest BCUT2D eigenvalue weighted by atomic mass is 10.0. The number of carbonyl (C=O) groups is 1. The van der Waals surface area contributed by atoms with E-state index in [0.29, 0.717) is 18.2 Å². The number of aromatic nitrogens is 4. The van der Waals surface area contributed by atoms with Gasteiger partial charge in [-0.15, -0.1) is 0 Å². The van der Waals surface area contributed by atoms with Crippen molar-refractivity contribution in [1.29, 1.82) is 0 Å². The fourth-order valence-electron chi connectivity index (χ4n) is 4.08. The van der Waals surface area contributed by atoms with Crippen molar-refractivity contribution in [2.24, 2.45) is 7.05 Å². The molecule has 0 aromatic carbocycles. The van der Waals surface area contributed by atoms with Crippen molar-refractivity contribution in [1.82, 2.24) is 19.4 Å². The molecule has 0 bridgehead atoms. The monoisotopic (exact) mass is 416 g/mol. The summed E-state index contributed by atoms with van der Waals surface area (Å²) in [6.07, 6.45) is 3.37. The average molecular weight is 417 g/mol. The Hall–Kier alpha value is -2.41. The minimum atomic E-state index is -0.480.